The van der Waals surface area contributed by atoms with Crippen LogP contribution in [0.2, 0.25) is 0 Å². The first-order valence-corrected chi connectivity index (χ1v) is 6.88. The van der Waals surface area contributed by atoms with Crippen LogP contribution in [0.15, 0.2) is 0 Å². The zero-order chi connectivity index (χ0) is 12.3. The van der Waals surface area contributed by atoms with Crippen molar-refractivity contribution in [1.82, 2.24) is 4.90 Å². The van der Waals surface area contributed by atoms with Crippen molar-refractivity contribution in [2.24, 2.45) is 5.73 Å². The van der Waals surface area contributed by atoms with Gasteiger partial charge in [0.15, 0.2) is 0 Å². The second kappa shape index (κ2) is 5.36. The Morgan fingerprint density at radius 1 is 1.18 bits per heavy atom. The first-order chi connectivity index (χ1) is 8.12. The van der Waals surface area contributed by atoms with E-state index in [0.29, 0.717) is 19.0 Å². The van der Waals surface area contributed by atoms with Gasteiger partial charge in [0.05, 0.1) is 0 Å². The summed E-state index contributed by atoms with van der Waals surface area (Å²) in [6, 6.07) is 0.570. The number of hydrogen-bond acceptors (Lipinski definition) is 3. The number of carboxylic acid groups (broad SMARTS) is 1. The van der Waals surface area contributed by atoms with E-state index in [-0.39, 0.29) is 0 Å². The minimum atomic E-state index is -0.998. The van der Waals surface area contributed by atoms with Gasteiger partial charge in [-0.1, -0.05) is 32.1 Å². The fourth-order valence-corrected chi connectivity index (χ4v) is 3.15. The van der Waals surface area contributed by atoms with E-state index >= 15 is 0 Å². The standard InChI is InChI=1S/C13H24N2O2/c14-13(12(16)17)8-9-15(10-13)11-6-4-2-1-3-5-7-11/h11H,1-10,14H2,(H,16,17). The quantitative estimate of drug-likeness (QED) is 0.769. The van der Waals surface area contributed by atoms with Crippen molar-refractivity contribution in [3.8, 4) is 0 Å². The van der Waals surface area contributed by atoms with Crippen molar-refractivity contribution < 1.29 is 9.90 Å². The van der Waals surface area contributed by atoms with Crippen LogP contribution in [0.4, 0.5) is 0 Å². The largest absolute Gasteiger partial charge is 0.480 e. The van der Waals surface area contributed by atoms with Crippen LogP contribution >= 0.6 is 0 Å². The third kappa shape index (κ3) is 2.99. The summed E-state index contributed by atoms with van der Waals surface area (Å²) < 4.78 is 0. The Hall–Kier alpha value is -0.610. The maximum absolute atomic E-state index is 11.1. The van der Waals surface area contributed by atoms with Crippen molar-refractivity contribution in [3.05, 3.63) is 0 Å². The van der Waals surface area contributed by atoms with Gasteiger partial charge in [-0.3, -0.25) is 9.69 Å². The molecule has 17 heavy (non-hydrogen) atoms. The zero-order valence-corrected chi connectivity index (χ0v) is 10.5. The SMILES string of the molecule is NC1(C(=O)O)CCN(C2CCCCCCC2)C1. The van der Waals surface area contributed by atoms with Crippen LogP contribution in [-0.4, -0.2) is 40.6 Å². The average Bonchev–Trinajstić information content (AvgIpc) is 2.62. The molecule has 1 heterocycles. The number of nitrogens with zero attached hydrogens (tertiary/aromatic N) is 1. The molecule has 2 fully saturated rings. The summed E-state index contributed by atoms with van der Waals surface area (Å²) in [7, 11) is 0. The number of carboxylic acids is 1. The van der Waals surface area contributed by atoms with Gasteiger partial charge in [-0.25, -0.2) is 0 Å². The van der Waals surface area contributed by atoms with Gasteiger partial charge in [0, 0.05) is 19.1 Å². The molecule has 4 heteroatoms. The number of hydrogen-bond donors (Lipinski definition) is 2. The molecule has 1 aliphatic carbocycles. The van der Waals surface area contributed by atoms with E-state index in [1.54, 1.807) is 0 Å². The zero-order valence-electron chi connectivity index (χ0n) is 10.5. The molecule has 0 aromatic heterocycles. The number of likely N-dealkylation sites (tertiary alicyclic amines) is 1. The van der Waals surface area contributed by atoms with Crippen molar-refractivity contribution in [2.75, 3.05) is 13.1 Å². The summed E-state index contributed by atoms with van der Waals surface area (Å²) in [5, 5.41) is 9.14. The fourth-order valence-electron chi connectivity index (χ4n) is 3.15. The van der Waals surface area contributed by atoms with Gasteiger partial charge in [0.25, 0.3) is 0 Å². The van der Waals surface area contributed by atoms with Gasteiger partial charge in [0.1, 0.15) is 5.54 Å². The second-order valence-corrected chi connectivity index (χ2v) is 5.68. The van der Waals surface area contributed by atoms with Crippen LogP contribution in [-0.2, 0) is 4.79 Å². The van der Waals surface area contributed by atoms with Gasteiger partial charge < -0.3 is 10.8 Å². The van der Waals surface area contributed by atoms with Gasteiger partial charge in [-0.15, -0.1) is 0 Å². The summed E-state index contributed by atoms with van der Waals surface area (Å²) >= 11 is 0. The van der Waals surface area contributed by atoms with E-state index in [9.17, 15) is 4.79 Å². The molecule has 0 bridgehead atoms. The van der Waals surface area contributed by atoms with E-state index in [0.717, 1.165) is 6.54 Å². The molecule has 98 valence electrons. The molecule has 1 atom stereocenters. The van der Waals surface area contributed by atoms with E-state index in [4.69, 9.17) is 10.8 Å². The maximum Gasteiger partial charge on any atom is 0.325 e. The molecule has 1 saturated heterocycles. The Bertz CT molecular complexity index is 275. The topological polar surface area (TPSA) is 66.6 Å². The van der Waals surface area contributed by atoms with Crippen LogP contribution in [0.3, 0.4) is 0 Å². The van der Waals surface area contributed by atoms with Gasteiger partial charge in [-0.2, -0.15) is 0 Å². The van der Waals surface area contributed by atoms with E-state index in [1.165, 1.54) is 44.9 Å². The lowest BCUT2D eigenvalue weighted by Gasteiger charge is -2.30. The average molecular weight is 240 g/mol. The molecule has 3 N–H and O–H groups in total. The summed E-state index contributed by atoms with van der Waals surface area (Å²) in [5.74, 6) is -0.842. The normalized spacial score (nSPS) is 33.2. The Morgan fingerprint density at radius 2 is 1.76 bits per heavy atom. The molecule has 4 nitrogen and oxygen atoms in total. The Labute approximate surface area is 103 Å². The molecule has 0 aromatic rings. The smallest absolute Gasteiger partial charge is 0.325 e. The molecule has 2 aliphatic rings. The summed E-state index contributed by atoms with van der Waals surface area (Å²) in [6.45, 7) is 1.39. The van der Waals surface area contributed by atoms with Gasteiger partial charge >= 0.3 is 5.97 Å². The predicted octanol–water partition coefficient (Wildman–Crippen LogP) is 1.59. The highest BCUT2D eigenvalue weighted by Crippen LogP contribution is 2.27. The highest BCUT2D eigenvalue weighted by Gasteiger charge is 2.42. The number of carbonyl (C=O) groups is 1. The van der Waals surface area contributed by atoms with Crippen LogP contribution in [0.1, 0.15) is 51.4 Å². The number of aliphatic carboxylic acids is 1. The summed E-state index contributed by atoms with van der Waals surface area (Å²) in [4.78, 5) is 13.4. The lowest BCUT2D eigenvalue weighted by molar-refractivity contribution is -0.142. The Balaban J connectivity index is 1.92. The van der Waals surface area contributed by atoms with E-state index in [1.807, 2.05) is 0 Å². The highest BCUT2D eigenvalue weighted by molar-refractivity contribution is 5.79. The summed E-state index contributed by atoms with van der Waals surface area (Å²) in [5.41, 5.74) is 4.93. The van der Waals surface area contributed by atoms with Crippen molar-refractivity contribution >= 4 is 5.97 Å². The minimum Gasteiger partial charge on any atom is -0.480 e. The predicted molar refractivity (Wildman–Crippen MR) is 66.9 cm³/mol. The highest BCUT2D eigenvalue weighted by atomic mass is 16.4. The first kappa shape index (κ1) is 12.8. The van der Waals surface area contributed by atoms with Crippen molar-refractivity contribution in [3.63, 3.8) is 0 Å². The van der Waals surface area contributed by atoms with Crippen molar-refractivity contribution in [2.45, 2.75) is 62.9 Å². The van der Waals surface area contributed by atoms with Crippen LogP contribution in [0.25, 0.3) is 0 Å². The molecule has 0 spiro atoms. The third-order valence-corrected chi connectivity index (χ3v) is 4.35. The lowest BCUT2D eigenvalue weighted by atomic mass is 9.95. The summed E-state index contributed by atoms with van der Waals surface area (Å²) in [6.07, 6.45) is 9.62. The van der Waals surface area contributed by atoms with Crippen LogP contribution < -0.4 is 5.73 Å². The Kier molecular flexibility index (Phi) is 4.05. The Morgan fingerprint density at radius 3 is 2.29 bits per heavy atom. The van der Waals surface area contributed by atoms with Crippen LogP contribution in [0, 0.1) is 0 Å². The number of rotatable bonds is 2. The van der Waals surface area contributed by atoms with Gasteiger partial charge in [-0.05, 0) is 19.3 Å². The monoisotopic (exact) mass is 240 g/mol. The van der Waals surface area contributed by atoms with Gasteiger partial charge in [0.2, 0.25) is 0 Å². The molecule has 1 unspecified atom stereocenters. The fraction of sp³-hybridized carbons (Fsp3) is 0.923. The molecule has 0 amide bonds. The van der Waals surface area contributed by atoms with E-state index in [2.05, 4.69) is 4.90 Å². The maximum atomic E-state index is 11.1. The number of nitrogens with two attached hydrogens (primary N) is 1. The minimum absolute atomic E-state index is 0.535. The molecule has 0 radical (unpaired) electrons. The molecule has 1 aliphatic heterocycles. The van der Waals surface area contributed by atoms with Crippen molar-refractivity contribution in [1.29, 1.82) is 0 Å². The first-order valence-electron chi connectivity index (χ1n) is 6.88. The molecule has 2 rings (SSSR count). The third-order valence-electron chi connectivity index (χ3n) is 4.35. The van der Waals surface area contributed by atoms with E-state index < -0.39 is 11.5 Å². The molecular formula is C13H24N2O2. The molecule has 1 saturated carbocycles. The molecular weight excluding hydrogens is 216 g/mol. The second-order valence-electron chi connectivity index (χ2n) is 5.68. The van der Waals surface area contributed by atoms with Crippen LogP contribution in [0.5, 0.6) is 0 Å². The lowest BCUT2D eigenvalue weighted by Crippen LogP contribution is -2.51. The molecule has 0 aromatic carbocycles.